The van der Waals surface area contributed by atoms with Gasteiger partial charge in [0.15, 0.2) is 0 Å². The van der Waals surface area contributed by atoms with E-state index < -0.39 is 0 Å². The zero-order chi connectivity index (χ0) is 9.97. The predicted molar refractivity (Wildman–Crippen MR) is 49.7 cm³/mol. The molecule has 0 spiro atoms. The van der Waals surface area contributed by atoms with Gasteiger partial charge in [0.05, 0.1) is 18.8 Å². The van der Waals surface area contributed by atoms with E-state index in [1.54, 1.807) is 0 Å². The maximum absolute atomic E-state index is 11.6. The molecule has 0 radical (unpaired) electrons. The lowest BCUT2D eigenvalue weighted by Crippen LogP contribution is -2.35. The van der Waals surface area contributed by atoms with Gasteiger partial charge >= 0.3 is 0 Å². The zero-order valence-corrected chi connectivity index (χ0v) is 7.62. The van der Waals surface area contributed by atoms with Crippen LogP contribution in [-0.4, -0.2) is 35.4 Å². The average molecular weight is 196 g/mol. The molecule has 2 rings (SSSR count). The van der Waals surface area contributed by atoms with Crippen LogP contribution >= 0.6 is 0 Å². The number of rotatable bonds is 2. The van der Waals surface area contributed by atoms with E-state index in [1.165, 1.54) is 6.20 Å². The van der Waals surface area contributed by atoms with Crippen molar-refractivity contribution in [3.8, 4) is 0 Å². The number of ether oxygens (including phenoxy) is 1. The standard InChI is InChI=1S/C8H12N4O2/c9-7-6(3-10-12-7)8(13)11-5-1-2-14-4-5/h3,5H,1-2,4H2,(H,11,13)(H3,9,10,12). The molecule has 4 N–H and O–H groups in total. The van der Waals surface area contributed by atoms with Crippen LogP contribution in [0.1, 0.15) is 16.8 Å². The SMILES string of the molecule is Nc1[nH]ncc1C(=O)NC1CCOC1. The number of amides is 1. The second kappa shape index (κ2) is 3.67. The summed E-state index contributed by atoms with van der Waals surface area (Å²) in [5, 5.41) is 9.00. The number of nitrogens with two attached hydrogens (primary N) is 1. The summed E-state index contributed by atoms with van der Waals surface area (Å²) in [7, 11) is 0. The molecule has 1 amide bonds. The zero-order valence-electron chi connectivity index (χ0n) is 7.62. The number of H-pyrrole nitrogens is 1. The molecule has 0 aromatic carbocycles. The van der Waals surface area contributed by atoms with Gasteiger partial charge in [0, 0.05) is 6.61 Å². The van der Waals surface area contributed by atoms with E-state index in [2.05, 4.69) is 15.5 Å². The second-order valence-electron chi connectivity index (χ2n) is 3.23. The molecule has 0 bridgehead atoms. The van der Waals surface area contributed by atoms with E-state index in [9.17, 15) is 4.79 Å². The summed E-state index contributed by atoms with van der Waals surface area (Å²) in [5.74, 6) is 0.0909. The van der Waals surface area contributed by atoms with Gasteiger partial charge < -0.3 is 15.8 Å². The molecule has 2 heterocycles. The maximum Gasteiger partial charge on any atom is 0.256 e. The molecule has 1 unspecified atom stereocenters. The summed E-state index contributed by atoms with van der Waals surface area (Å²) in [6.07, 6.45) is 2.27. The smallest absolute Gasteiger partial charge is 0.256 e. The Morgan fingerprint density at radius 2 is 2.64 bits per heavy atom. The lowest BCUT2D eigenvalue weighted by Gasteiger charge is -2.09. The number of hydrogen-bond donors (Lipinski definition) is 3. The van der Waals surface area contributed by atoms with Gasteiger partial charge in [-0.2, -0.15) is 5.10 Å². The molecule has 14 heavy (non-hydrogen) atoms. The highest BCUT2D eigenvalue weighted by atomic mass is 16.5. The van der Waals surface area contributed by atoms with Crippen LogP contribution in [-0.2, 0) is 4.74 Å². The number of anilines is 1. The molecule has 1 saturated heterocycles. The summed E-state index contributed by atoms with van der Waals surface area (Å²) in [5.41, 5.74) is 5.89. The summed E-state index contributed by atoms with van der Waals surface area (Å²) in [6, 6.07) is 0.0943. The summed E-state index contributed by atoms with van der Waals surface area (Å²) in [4.78, 5) is 11.6. The van der Waals surface area contributed by atoms with Crippen LogP contribution in [0.15, 0.2) is 6.20 Å². The van der Waals surface area contributed by atoms with E-state index in [1.807, 2.05) is 0 Å². The third-order valence-electron chi connectivity index (χ3n) is 2.18. The van der Waals surface area contributed by atoms with Crippen molar-refractivity contribution in [2.45, 2.75) is 12.5 Å². The molecule has 0 saturated carbocycles. The Hall–Kier alpha value is -1.56. The van der Waals surface area contributed by atoms with Gasteiger partial charge in [-0.15, -0.1) is 0 Å². The van der Waals surface area contributed by atoms with Crippen LogP contribution < -0.4 is 11.1 Å². The molecule has 6 heteroatoms. The van der Waals surface area contributed by atoms with Crippen molar-refractivity contribution >= 4 is 11.7 Å². The van der Waals surface area contributed by atoms with Crippen LogP contribution in [0.2, 0.25) is 0 Å². The van der Waals surface area contributed by atoms with Gasteiger partial charge in [-0.05, 0) is 6.42 Å². The van der Waals surface area contributed by atoms with Crippen molar-refractivity contribution in [1.82, 2.24) is 15.5 Å². The highest BCUT2D eigenvalue weighted by Crippen LogP contribution is 2.08. The Labute approximate surface area is 80.8 Å². The number of nitrogens with one attached hydrogen (secondary N) is 2. The monoisotopic (exact) mass is 196 g/mol. The third kappa shape index (κ3) is 1.69. The molecule has 6 nitrogen and oxygen atoms in total. The quantitative estimate of drug-likeness (QED) is 0.595. The lowest BCUT2D eigenvalue weighted by atomic mass is 10.2. The molecule has 0 aliphatic carbocycles. The fourth-order valence-electron chi connectivity index (χ4n) is 1.39. The van der Waals surface area contributed by atoms with E-state index in [0.29, 0.717) is 24.6 Å². The number of nitrogen functional groups attached to an aromatic ring is 1. The van der Waals surface area contributed by atoms with Gasteiger partial charge in [-0.25, -0.2) is 0 Å². The minimum absolute atomic E-state index is 0.0943. The first-order chi connectivity index (χ1) is 6.77. The molecule has 1 aromatic rings. The number of aromatic amines is 1. The highest BCUT2D eigenvalue weighted by molar-refractivity contribution is 5.98. The van der Waals surface area contributed by atoms with Crippen LogP contribution in [0.4, 0.5) is 5.82 Å². The van der Waals surface area contributed by atoms with Gasteiger partial charge in [0.25, 0.3) is 5.91 Å². The molecule has 1 aliphatic heterocycles. The molecule has 1 aromatic heterocycles. The molecule has 1 aliphatic rings. The predicted octanol–water partition coefficient (Wildman–Crippen LogP) is -0.489. The van der Waals surface area contributed by atoms with Crippen molar-refractivity contribution in [3.05, 3.63) is 11.8 Å². The van der Waals surface area contributed by atoms with E-state index in [-0.39, 0.29) is 11.9 Å². The van der Waals surface area contributed by atoms with Gasteiger partial charge in [-0.1, -0.05) is 0 Å². The third-order valence-corrected chi connectivity index (χ3v) is 2.18. The van der Waals surface area contributed by atoms with Crippen LogP contribution in [0.5, 0.6) is 0 Å². The molecular weight excluding hydrogens is 184 g/mol. The molecule has 1 atom stereocenters. The minimum atomic E-state index is -0.202. The van der Waals surface area contributed by atoms with Crippen molar-refractivity contribution in [3.63, 3.8) is 0 Å². The Bertz CT molecular complexity index is 330. The Morgan fingerprint density at radius 3 is 3.21 bits per heavy atom. The molecule has 76 valence electrons. The van der Waals surface area contributed by atoms with Gasteiger partial charge in [0.1, 0.15) is 11.4 Å². The van der Waals surface area contributed by atoms with Crippen molar-refractivity contribution in [2.75, 3.05) is 18.9 Å². The Balaban J connectivity index is 1.98. The number of carbonyl (C=O) groups is 1. The highest BCUT2D eigenvalue weighted by Gasteiger charge is 2.20. The molecular formula is C8H12N4O2. The van der Waals surface area contributed by atoms with Crippen LogP contribution in [0.3, 0.4) is 0 Å². The second-order valence-corrected chi connectivity index (χ2v) is 3.23. The average Bonchev–Trinajstić information content (AvgIpc) is 2.75. The summed E-state index contributed by atoms with van der Waals surface area (Å²) < 4.78 is 5.14. The first kappa shape index (κ1) is 9.01. The Kier molecular flexibility index (Phi) is 2.36. The van der Waals surface area contributed by atoms with Crippen molar-refractivity contribution in [1.29, 1.82) is 0 Å². The fourth-order valence-corrected chi connectivity index (χ4v) is 1.39. The minimum Gasteiger partial charge on any atom is -0.383 e. The van der Waals surface area contributed by atoms with E-state index in [4.69, 9.17) is 10.5 Å². The first-order valence-electron chi connectivity index (χ1n) is 4.45. The lowest BCUT2D eigenvalue weighted by molar-refractivity contribution is 0.0931. The van der Waals surface area contributed by atoms with E-state index >= 15 is 0 Å². The first-order valence-corrected chi connectivity index (χ1v) is 4.45. The number of aromatic nitrogens is 2. The van der Waals surface area contributed by atoms with Gasteiger partial charge in [-0.3, -0.25) is 9.89 Å². The van der Waals surface area contributed by atoms with E-state index in [0.717, 1.165) is 6.42 Å². The van der Waals surface area contributed by atoms with Crippen molar-refractivity contribution < 1.29 is 9.53 Å². The number of hydrogen-bond acceptors (Lipinski definition) is 4. The number of nitrogens with zero attached hydrogens (tertiary/aromatic N) is 1. The molecule has 1 fully saturated rings. The number of carbonyl (C=O) groups excluding carboxylic acids is 1. The van der Waals surface area contributed by atoms with Crippen molar-refractivity contribution in [2.24, 2.45) is 0 Å². The topological polar surface area (TPSA) is 93.0 Å². The van der Waals surface area contributed by atoms with Crippen LogP contribution in [0, 0.1) is 0 Å². The summed E-state index contributed by atoms with van der Waals surface area (Å²) >= 11 is 0. The van der Waals surface area contributed by atoms with Crippen LogP contribution in [0.25, 0.3) is 0 Å². The largest absolute Gasteiger partial charge is 0.383 e. The van der Waals surface area contributed by atoms with Gasteiger partial charge in [0.2, 0.25) is 0 Å². The maximum atomic E-state index is 11.6. The summed E-state index contributed by atoms with van der Waals surface area (Å²) in [6.45, 7) is 1.27. The normalized spacial score (nSPS) is 21.0. The Morgan fingerprint density at radius 1 is 1.79 bits per heavy atom. The fraction of sp³-hybridized carbons (Fsp3) is 0.500.